The Hall–Kier alpha value is -2.93. The largest absolute Gasteiger partial charge is 0.497 e. The summed E-state index contributed by atoms with van der Waals surface area (Å²) in [4.78, 5) is 12.6. The minimum atomic E-state index is -0.815. The van der Waals surface area contributed by atoms with Gasteiger partial charge in [0.25, 0.3) is 0 Å². The van der Waals surface area contributed by atoms with Gasteiger partial charge in [0.2, 0.25) is 6.79 Å². The van der Waals surface area contributed by atoms with Crippen LogP contribution < -0.4 is 18.9 Å². The van der Waals surface area contributed by atoms with Crippen LogP contribution >= 0.6 is 0 Å². The van der Waals surface area contributed by atoms with E-state index in [0.717, 1.165) is 16.7 Å². The molecule has 0 radical (unpaired) electrons. The minimum absolute atomic E-state index is 0.140. The fraction of sp³-hybridized carbons (Fsp3) is 0.381. The molecule has 1 fully saturated rings. The van der Waals surface area contributed by atoms with E-state index in [2.05, 4.69) is 0 Å². The molecule has 4 atom stereocenters. The Morgan fingerprint density at radius 3 is 2.21 bits per heavy atom. The van der Waals surface area contributed by atoms with Gasteiger partial charge in [-0.05, 0) is 41.0 Å². The van der Waals surface area contributed by atoms with E-state index < -0.39 is 12.0 Å². The first-order valence-electron chi connectivity index (χ1n) is 9.12. The first-order valence-corrected chi connectivity index (χ1v) is 9.12. The molecule has 3 unspecified atom stereocenters. The van der Waals surface area contributed by atoms with Crippen molar-refractivity contribution in [2.75, 3.05) is 27.6 Å². The van der Waals surface area contributed by atoms with Gasteiger partial charge < -0.3 is 28.8 Å². The number of fused-ring (bicyclic) bond motifs is 3. The number of rotatable bonds is 3. The molecule has 1 saturated heterocycles. The van der Waals surface area contributed by atoms with Crippen molar-refractivity contribution in [1.82, 2.24) is 0 Å². The lowest BCUT2D eigenvalue weighted by molar-refractivity contribution is -0.141. The molecule has 2 aromatic carbocycles. The van der Waals surface area contributed by atoms with Crippen LogP contribution in [0.15, 0.2) is 30.3 Å². The van der Waals surface area contributed by atoms with Crippen molar-refractivity contribution in [3.05, 3.63) is 47.0 Å². The second-order valence-electron chi connectivity index (χ2n) is 7.22. The zero-order valence-electron chi connectivity index (χ0n) is 15.5. The average molecular weight is 384 g/mol. The van der Waals surface area contributed by atoms with Gasteiger partial charge in [0.1, 0.15) is 11.5 Å². The molecule has 1 aliphatic carbocycles. The maximum absolute atomic E-state index is 12.6. The molecular weight excluding hydrogens is 364 g/mol. The third-order valence-electron chi connectivity index (χ3n) is 5.88. The van der Waals surface area contributed by atoms with Gasteiger partial charge in [-0.25, -0.2) is 0 Å². The van der Waals surface area contributed by atoms with Crippen molar-refractivity contribution >= 4 is 5.97 Å². The van der Waals surface area contributed by atoms with E-state index in [1.807, 2.05) is 24.3 Å². The number of carbonyl (C=O) groups is 1. The predicted octanol–water partition coefficient (Wildman–Crippen LogP) is 2.40. The second kappa shape index (κ2) is 6.31. The highest BCUT2D eigenvalue weighted by molar-refractivity contribution is 5.78. The van der Waals surface area contributed by atoms with Crippen molar-refractivity contribution in [2.24, 2.45) is 11.8 Å². The Kier molecular flexibility index (Phi) is 3.87. The molecule has 0 bridgehead atoms. The molecule has 146 valence electrons. The van der Waals surface area contributed by atoms with Crippen LogP contribution in [0.2, 0.25) is 0 Å². The van der Waals surface area contributed by atoms with Gasteiger partial charge in [-0.15, -0.1) is 0 Å². The highest BCUT2D eigenvalue weighted by atomic mass is 16.7. The summed E-state index contributed by atoms with van der Waals surface area (Å²) in [6.07, 6.45) is -0.815. The molecular formula is C21H20O7. The van der Waals surface area contributed by atoms with Gasteiger partial charge in [-0.2, -0.15) is 0 Å². The highest BCUT2D eigenvalue weighted by Gasteiger charge is 2.52. The van der Waals surface area contributed by atoms with Gasteiger partial charge in [0, 0.05) is 17.9 Å². The van der Waals surface area contributed by atoms with Crippen LogP contribution in [0.3, 0.4) is 0 Å². The Morgan fingerprint density at radius 2 is 1.57 bits per heavy atom. The fourth-order valence-corrected chi connectivity index (χ4v) is 4.54. The lowest BCUT2D eigenvalue weighted by atomic mass is 9.66. The normalized spacial score (nSPS) is 27.0. The summed E-state index contributed by atoms with van der Waals surface area (Å²) in [5, 5.41) is 11.0. The van der Waals surface area contributed by atoms with Crippen LogP contribution in [-0.4, -0.2) is 38.7 Å². The van der Waals surface area contributed by atoms with Crippen LogP contribution in [0.1, 0.15) is 28.7 Å². The third-order valence-corrected chi connectivity index (χ3v) is 5.88. The summed E-state index contributed by atoms with van der Waals surface area (Å²) in [6, 6.07) is 9.24. The van der Waals surface area contributed by atoms with E-state index in [0.29, 0.717) is 23.0 Å². The Balaban J connectivity index is 1.73. The summed E-state index contributed by atoms with van der Waals surface area (Å²) >= 11 is 0. The van der Waals surface area contributed by atoms with Gasteiger partial charge in [0.15, 0.2) is 11.5 Å². The summed E-state index contributed by atoms with van der Waals surface area (Å²) < 4.78 is 27.2. The molecule has 0 saturated carbocycles. The molecule has 0 spiro atoms. The van der Waals surface area contributed by atoms with E-state index in [1.165, 1.54) is 0 Å². The Labute approximate surface area is 161 Å². The molecule has 0 aromatic heterocycles. The van der Waals surface area contributed by atoms with E-state index in [1.54, 1.807) is 20.3 Å². The zero-order valence-corrected chi connectivity index (χ0v) is 15.5. The van der Waals surface area contributed by atoms with Crippen molar-refractivity contribution in [3.63, 3.8) is 0 Å². The zero-order chi connectivity index (χ0) is 19.4. The lowest BCUT2D eigenvalue weighted by Gasteiger charge is -2.36. The topological polar surface area (TPSA) is 83.5 Å². The van der Waals surface area contributed by atoms with E-state index >= 15 is 0 Å². The number of carbonyl (C=O) groups excluding carboxylic acids is 1. The first kappa shape index (κ1) is 17.2. The number of methoxy groups -OCH3 is 2. The van der Waals surface area contributed by atoms with Crippen molar-refractivity contribution < 1.29 is 33.6 Å². The molecule has 7 nitrogen and oxygen atoms in total. The lowest BCUT2D eigenvalue weighted by Crippen LogP contribution is -2.34. The third kappa shape index (κ3) is 2.43. The smallest absolute Gasteiger partial charge is 0.310 e. The molecule has 2 aliphatic heterocycles. The summed E-state index contributed by atoms with van der Waals surface area (Å²) in [5.74, 6) is 1.01. The van der Waals surface area contributed by atoms with Gasteiger partial charge in [0.05, 0.1) is 32.8 Å². The predicted molar refractivity (Wildman–Crippen MR) is 96.9 cm³/mol. The monoisotopic (exact) mass is 384 g/mol. The number of cyclic esters (lactones) is 1. The maximum Gasteiger partial charge on any atom is 0.310 e. The van der Waals surface area contributed by atoms with Crippen LogP contribution in [0.5, 0.6) is 23.0 Å². The molecule has 2 heterocycles. The fourth-order valence-electron chi connectivity index (χ4n) is 4.54. The highest BCUT2D eigenvalue weighted by Crippen LogP contribution is 2.54. The summed E-state index contributed by atoms with van der Waals surface area (Å²) in [6.45, 7) is 0.330. The average Bonchev–Trinajstić information content (AvgIpc) is 3.33. The Bertz CT molecular complexity index is 932. The number of esters is 1. The number of hydrogen-bond acceptors (Lipinski definition) is 7. The molecule has 28 heavy (non-hydrogen) atoms. The standard InChI is InChI=1S/C21H20O7/c1-24-11-3-10(4-12(5-11)25-2)18-13-6-16-17(28-9-27-16)7-14(13)20(22)15-8-26-21(23)19(15)18/h3-7,15,18-20,22H,8-9H2,1-2H3/t15?,18?,19?,20-/m0/s1. The number of ether oxygens (including phenoxy) is 5. The van der Waals surface area contributed by atoms with Crippen LogP contribution in [0, 0.1) is 11.8 Å². The number of aliphatic hydroxyl groups excluding tert-OH is 1. The summed E-state index contributed by atoms with van der Waals surface area (Å²) in [5.41, 5.74) is 2.42. The van der Waals surface area contributed by atoms with Crippen LogP contribution in [0.4, 0.5) is 0 Å². The van der Waals surface area contributed by atoms with Crippen molar-refractivity contribution in [1.29, 1.82) is 0 Å². The molecule has 7 heteroatoms. The van der Waals surface area contributed by atoms with E-state index in [9.17, 15) is 9.90 Å². The van der Waals surface area contributed by atoms with E-state index in [4.69, 9.17) is 23.7 Å². The number of aliphatic hydroxyl groups is 1. The van der Waals surface area contributed by atoms with Crippen molar-refractivity contribution in [2.45, 2.75) is 12.0 Å². The van der Waals surface area contributed by atoms with Gasteiger partial charge in [-0.1, -0.05) is 0 Å². The molecule has 3 aliphatic rings. The number of benzene rings is 2. The number of hydrogen-bond donors (Lipinski definition) is 1. The van der Waals surface area contributed by atoms with Crippen molar-refractivity contribution in [3.8, 4) is 23.0 Å². The van der Waals surface area contributed by atoms with E-state index in [-0.39, 0.29) is 31.2 Å². The second-order valence-corrected chi connectivity index (χ2v) is 7.22. The summed E-state index contributed by atoms with van der Waals surface area (Å²) in [7, 11) is 3.17. The molecule has 5 rings (SSSR count). The quantitative estimate of drug-likeness (QED) is 0.814. The molecule has 0 amide bonds. The van der Waals surface area contributed by atoms with Crippen LogP contribution in [-0.2, 0) is 9.53 Å². The molecule has 2 aromatic rings. The first-order chi connectivity index (χ1) is 13.6. The Morgan fingerprint density at radius 1 is 0.929 bits per heavy atom. The SMILES string of the molecule is COc1cc(OC)cc(C2c3cc4c(cc3[C@H](O)C3COC(=O)C23)OCO4)c1. The maximum atomic E-state index is 12.6. The van der Waals surface area contributed by atoms with Gasteiger partial charge >= 0.3 is 5.97 Å². The van der Waals surface area contributed by atoms with Crippen LogP contribution in [0.25, 0.3) is 0 Å². The molecule has 1 N–H and O–H groups in total. The minimum Gasteiger partial charge on any atom is -0.497 e. The van der Waals surface area contributed by atoms with Gasteiger partial charge in [-0.3, -0.25) is 4.79 Å².